The van der Waals surface area contributed by atoms with Crippen LogP contribution in [-0.2, 0) is 0 Å². The van der Waals surface area contributed by atoms with Crippen molar-refractivity contribution in [1.82, 2.24) is 15.8 Å². The zero-order valence-electron chi connectivity index (χ0n) is 7.53. The molecule has 0 aliphatic carbocycles. The van der Waals surface area contributed by atoms with Gasteiger partial charge in [-0.05, 0) is 25.0 Å². The van der Waals surface area contributed by atoms with E-state index in [1.54, 1.807) is 0 Å². The number of aliphatic hydroxyl groups excluding tert-OH is 1. The van der Waals surface area contributed by atoms with Crippen molar-refractivity contribution in [3.05, 3.63) is 24.2 Å². The van der Waals surface area contributed by atoms with Gasteiger partial charge < -0.3 is 15.4 Å². The fraction of sp³-hybridized carbons (Fsp3) is 0.556. The van der Waals surface area contributed by atoms with Crippen molar-refractivity contribution in [3.63, 3.8) is 0 Å². The summed E-state index contributed by atoms with van der Waals surface area (Å²) < 4.78 is 0. The van der Waals surface area contributed by atoms with E-state index in [1.165, 1.54) is 0 Å². The van der Waals surface area contributed by atoms with Gasteiger partial charge in [-0.2, -0.15) is 0 Å². The highest BCUT2D eigenvalue weighted by Gasteiger charge is 2.25. The Hall–Kier alpha value is -1.16. The van der Waals surface area contributed by atoms with Gasteiger partial charge in [-0.25, -0.2) is 0 Å². The quantitative estimate of drug-likeness (QED) is 0.557. The number of hydrogen-bond acceptors (Lipinski definition) is 4. The topological polar surface area (TPSA) is 47.5 Å². The Morgan fingerprint density at radius 2 is 2.54 bits per heavy atom. The molecule has 4 nitrogen and oxygen atoms in total. The average Bonchev–Trinajstić information content (AvgIpc) is 2.67. The third-order valence-corrected chi connectivity index (χ3v) is 2.53. The maximum Gasteiger partial charge on any atom is 0.120 e. The van der Waals surface area contributed by atoms with Crippen molar-refractivity contribution in [2.24, 2.45) is 0 Å². The molecular weight excluding hydrogens is 166 g/mol. The summed E-state index contributed by atoms with van der Waals surface area (Å²) in [4.78, 5) is 2.20. The minimum Gasteiger partial charge on any atom is -0.394 e. The molecule has 2 aliphatic heterocycles. The molecule has 1 saturated heterocycles. The summed E-state index contributed by atoms with van der Waals surface area (Å²) in [5.41, 5.74) is 6.00. The van der Waals surface area contributed by atoms with Gasteiger partial charge in [-0.3, -0.25) is 5.43 Å². The first kappa shape index (κ1) is 8.44. The first-order valence-electron chi connectivity index (χ1n) is 4.67. The lowest BCUT2D eigenvalue weighted by Gasteiger charge is -2.29. The van der Waals surface area contributed by atoms with Crippen LogP contribution in [0.4, 0.5) is 0 Å². The molecule has 13 heavy (non-hydrogen) atoms. The van der Waals surface area contributed by atoms with Crippen LogP contribution in [0.2, 0.25) is 0 Å². The van der Waals surface area contributed by atoms with Gasteiger partial charge in [0, 0.05) is 12.7 Å². The zero-order chi connectivity index (χ0) is 9.10. The van der Waals surface area contributed by atoms with E-state index in [4.69, 9.17) is 5.11 Å². The Balaban J connectivity index is 2.06. The molecule has 0 aromatic rings. The van der Waals surface area contributed by atoms with E-state index >= 15 is 0 Å². The highest BCUT2D eigenvalue weighted by Crippen LogP contribution is 2.20. The summed E-state index contributed by atoms with van der Waals surface area (Å²) in [6.45, 7) is 1.27. The molecule has 0 aromatic carbocycles. The second-order valence-corrected chi connectivity index (χ2v) is 3.35. The summed E-state index contributed by atoms with van der Waals surface area (Å²) in [5, 5.41) is 9.13. The summed E-state index contributed by atoms with van der Waals surface area (Å²) in [7, 11) is 0. The molecule has 1 atom stereocenters. The van der Waals surface area contributed by atoms with E-state index in [2.05, 4.69) is 15.8 Å². The monoisotopic (exact) mass is 181 g/mol. The normalized spacial score (nSPS) is 26.7. The second kappa shape index (κ2) is 3.70. The molecule has 0 radical (unpaired) electrons. The van der Waals surface area contributed by atoms with Gasteiger partial charge in [-0.15, -0.1) is 0 Å². The predicted octanol–water partition coefficient (Wildman–Crippen LogP) is -0.0940. The van der Waals surface area contributed by atoms with Crippen LogP contribution < -0.4 is 10.9 Å². The summed E-state index contributed by atoms with van der Waals surface area (Å²) in [6.07, 6.45) is 8.06. The van der Waals surface area contributed by atoms with Gasteiger partial charge in [0.1, 0.15) is 5.82 Å². The van der Waals surface area contributed by atoms with Crippen LogP contribution in [0.25, 0.3) is 0 Å². The van der Waals surface area contributed by atoms with Crippen molar-refractivity contribution in [2.75, 3.05) is 13.2 Å². The van der Waals surface area contributed by atoms with E-state index in [0.717, 1.165) is 25.2 Å². The van der Waals surface area contributed by atoms with Crippen LogP contribution in [0.5, 0.6) is 0 Å². The van der Waals surface area contributed by atoms with Crippen LogP contribution >= 0.6 is 0 Å². The number of allylic oxidation sites excluding steroid dienone is 2. The van der Waals surface area contributed by atoms with E-state index in [0.29, 0.717) is 0 Å². The molecule has 2 rings (SSSR count). The predicted molar refractivity (Wildman–Crippen MR) is 50.3 cm³/mol. The first-order valence-corrected chi connectivity index (χ1v) is 4.67. The molecule has 1 unspecified atom stereocenters. The number of nitrogens with one attached hydrogen (secondary N) is 2. The maximum atomic E-state index is 9.13. The van der Waals surface area contributed by atoms with E-state index < -0.39 is 0 Å². The minimum atomic E-state index is 0.239. The standard InChI is InChI=1S/C9H15N3O/c13-7-8-3-2-6-12(8)9-4-1-5-10-11-9/h1,4-5,8,10-11,13H,2-3,6-7H2. The molecule has 2 aliphatic rings. The third kappa shape index (κ3) is 1.62. The molecule has 0 spiro atoms. The summed E-state index contributed by atoms with van der Waals surface area (Å²) in [5.74, 6) is 1.05. The van der Waals surface area contributed by atoms with Crippen LogP contribution in [0.3, 0.4) is 0 Å². The Kier molecular flexibility index (Phi) is 2.40. The number of rotatable bonds is 2. The molecule has 4 heteroatoms. The SMILES string of the molecule is OCC1CCCN1C1=CC=CNN1. The molecule has 1 fully saturated rings. The van der Waals surface area contributed by atoms with E-state index in [1.807, 2.05) is 18.4 Å². The van der Waals surface area contributed by atoms with E-state index in [9.17, 15) is 0 Å². The van der Waals surface area contributed by atoms with Gasteiger partial charge in [0.25, 0.3) is 0 Å². The highest BCUT2D eigenvalue weighted by atomic mass is 16.3. The molecule has 0 amide bonds. The number of likely N-dealkylation sites (tertiary alicyclic amines) is 1. The fourth-order valence-electron chi connectivity index (χ4n) is 1.85. The molecule has 0 aromatic heterocycles. The molecule has 0 bridgehead atoms. The molecule has 72 valence electrons. The van der Waals surface area contributed by atoms with Crippen molar-refractivity contribution < 1.29 is 5.11 Å². The minimum absolute atomic E-state index is 0.239. The smallest absolute Gasteiger partial charge is 0.120 e. The largest absolute Gasteiger partial charge is 0.394 e. The summed E-state index contributed by atoms with van der Waals surface area (Å²) >= 11 is 0. The lowest BCUT2D eigenvalue weighted by atomic mass is 10.2. The Bertz CT molecular complexity index is 237. The number of aliphatic hydroxyl groups is 1. The number of nitrogens with zero attached hydrogens (tertiary/aromatic N) is 1. The third-order valence-electron chi connectivity index (χ3n) is 2.53. The van der Waals surface area contributed by atoms with Crippen LogP contribution in [0.1, 0.15) is 12.8 Å². The van der Waals surface area contributed by atoms with Gasteiger partial charge in [0.05, 0.1) is 12.6 Å². The maximum absolute atomic E-state index is 9.13. The Labute approximate surface area is 77.9 Å². The molecule has 3 N–H and O–H groups in total. The molecular formula is C9H15N3O. The lowest BCUT2D eigenvalue weighted by Crippen LogP contribution is -2.42. The van der Waals surface area contributed by atoms with Crippen LogP contribution in [0.15, 0.2) is 24.2 Å². The van der Waals surface area contributed by atoms with Crippen molar-refractivity contribution in [1.29, 1.82) is 0 Å². The number of hydrazine groups is 1. The number of hydrogen-bond donors (Lipinski definition) is 3. The van der Waals surface area contributed by atoms with Gasteiger partial charge >= 0.3 is 0 Å². The summed E-state index contributed by atoms with van der Waals surface area (Å²) in [6, 6.07) is 0.284. The second-order valence-electron chi connectivity index (χ2n) is 3.35. The first-order chi connectivity index (χ1) is 6.42. The van der Waals surface area contributed by atoms with E-state index in [-0.39, 0.29) is 12.6 Å². The van der Waals surface area contributed by atoms with Gasteiger partial charge in [0.2, 0.25) is 0 Å². The average molecular weight is 181 g/mol. The molecule has 0 saturated carbocycles. The fourth-order valence-corrected chi connectivity index (χ4v) is 1.85. The highest BCUT2D eigenvalue weighted by molar-refractivity contribution is 5.15. The van der Waals surface area contributed by atoms with Crippen molar-refractivity contribution >= 4 is 0 Å². The lowest BCUT2D eigenvalue weighted by molar-refractivity contribution is 0.177. The van der Waals surface area contributed by atoms with Gasteiger partial charge in [-0.1, -0.05) is 0 Å². The Morgan fingerprint density at radius 1 is 1.62 bits per heavy atom. The van der Waals surface area contributed by atoms with Crippen LogP contribution in [-0.4, -0.2) is 29.2 Å². The zero-order valence-corrected chi connectivity index (χ0v) is 7.53. The Morgan fingerprint density at radius 3 is 3.23 bits per heavy atom. The van der Waals surface area contributed by atoms with Crippen LogP contribution in [0, 0.1) is 0 Å². The van der Waals surface area contributed by atoms with Gasteiger partial charge in [0.15, 0.2) is 0 Å². The van der Waals surface area contributed by atoms with Crippen molar-refractivity contribution in [2.45, 2.75) is 18.9 Å². The van der Waals surface area contributed by atoms with Crippen molar-refractivity contribution in [3.8, 4) is 0 Å². The molecule has 2 heterocycles.